The van der Waals surface area contributed by atoms with E-state index in [4.69, 9.17) is 9.47 Å². The van der Waals surface area contributed by atoms with E-state index >= 15 is 0 Å². The van der Waals surface area contributed by atoms with Gasteiger partial charge in [-0.1, -0.05) is 50.3 Å². The highest BCUT2D eigenvalue weighted by Crippen LogP contribution is 2.38. The van der Waals surface area contributed by atoms with Gasteiger partial charge in [-0.3, -0.25) is 14.4 Å². The Bertz CT molecular complexity index is 1180. The first-order valence-corrected chi connectivity index (χ1v) is 16.6. The molecule has 2 unspecified atom stereocenters. The van der Waals surface area contributed by atoms with E-state index in [1.165, 1.54) is 32.1 Å². The second-order valence-corrected chi connectivity index (χ2v) is 15.0. The molecule has 0 bridgehead atoms. The molecule has 1 aliphatic carbocycles. The van der Waals surface area contributed by atoms with Crippen molar-refractivity contribution in [2.24, 2.45) is 17.8 Å². The van der Waals surface area contributed by atoms with Gasteiger partial charge in [0.1, 0.15) is 11.2 Å². The lowest BCUT2D eigenvalue weighted by molar-refractivity contribution is -0.155. The summed E-state index contributed by atoms with van der Waals surface area (Å²) in [4.78, 5) is 56.3. The van der Waals surface area contributed by atoms with Gasteiger partial charge in [-0.2, -0.15) is 0 Å². The van der Waals surface area contributed by atoms with E-state index in [1.807, 2.05) is 75.6 Å². The minimum Gasteiger partial charge on any atom is -0.460 e. The van der Waals surface area contributed by atoms with E-state index in [2.05, 4.69) is 5.32 Å². The summed E-state index contributed by atoms with van der Waals surface area (Å²) in [6, 6.07) is 7.47. The number of hydrogen-bond donors (Lipinski definition) is 1. The Morgan fingerprint density at radius 3 is 2.27 bits per heavy atom. The van der Waals surface area contributed by atoms with Gasteiger partial charge in [0.2, 0.25) is 11.8 Å². The topological polar surface area (TPSA) is 105 Å². The van der Waals surface area contributed by atoms with Crippen LogP contribution in [0.5, 0.6) is 0 Å². The smallest absolute Gasteiger partial charge is 0.410 e. The lowest BCUT2D eigenvalue weighted by Crippen LogP contribution is -2.43. The van der Waals surface area contributed by atoms with Gasteiger partial charge in [-0.25, -0.2) is 4.79 Å². The van der Waals surface area contributed by atoms with Gasteiger partial charge in [0.25, 0.3) is 0 Å². The number of para-hydroxylation sites is 1. The first kappa shape index (κ1) is 33.8. The third-order valence-corrected chi connectivity index (χ3v) is 8.88. The normalized spacial score (nSPS) is 22.6. The van der Waals surface area contributed by atoms with Crippen molar-refractivity contribution in [2.45, 2.75) is 116 Å². The zero-order valence-corrected chi connectivity index (χ0v) is 27.7. The second kappa shape index (κ2) is 14.3. The largest absolute Gasteiger partial charge is 0.460 e. The third kappa shape index (κ3) is 9.70. The van der Waals surface area contributed by atoms with Crippen molar-refractivity contribution >= 4 is 29.6 Å². The molecule has 9 heteroatoms. The fourth-order valence-electron chi connectivity index (χ4n) is 6.97. The third-order valence-electron chi connectivity index (χ3n) is 8.88. The van der Waals surface area contributed by atoms with Crippen LogP contribution in [0, 0.1) is 17.8 Å². The fraction of sp³-hybridized carbons (Fsp3) is 0.714. The molecule has 2 aliphatic heterocycles. The monoisotopic (exact) mass is 611 g/mol. The first-order valence-electron chi connectivity index (χ1n) is 16.6. The molecule has 3 atom stereocenters. The molecule has 4 rings (SSSR count). The Kier molecular flexibility index (Phi) is 11.0. The van der Waals surface area contributed by atoms with Crippen LogP contribution in [0.3, 0.4) is 0 Å². The molecular formula is C35H53N3O6. The number of benzene rings is 1. The number of nitrogens with one attached hydrogen (secondary N) is 1. The average Bonchev–Trinajstić information content (AvgIpc) is 3.32. The zero-order valence-electron chi connectivity index (χ0n) is 27.7. The van der Waals surface area contributed by atoms with Crippen LogP contribution in [0.15, 0.2) is 24.3 Å². The number of hydrogen-bond acceptors (Lipinski definition) is 6. The van der Waals surface area contributed by atoms with Crippen molar-refractivity contribution in [2.75, 3.05) is 31.5 Å². The molecule has 2 fully saturated rings. The van der Waals surface area contributed by atoms with Crippen molar-refractivity contribution in [3.63, 3.8) is 0 Å². The minimum absolute atomic E-state index is 0.0718. The Labute approximate surface area is 263 Å². The highest BCUT2D eigenvalue weighted by molar-refractivity contribution is 6.01. The second-order valence-electron chi connectivity index (χ2n) is 15.0. The molecule has 1 aromatic rings. The van der Waals surface area contributed by atoms with Crippen molar-refractivity contribution < 1.29 is 28.7 Å². The van der Waals surface area contributed by atoms with Crippen LogP contribution in [-0.4, -0.2) is 71.1 Å². The SMILES string of the molecule is CC(C)(C)OC(=O)CCCN(CC1CN(C(=O)OC(C)(C)C)C[C@H]1CC1CCCCC1)C(=O)C1CC(=O)Nc2ccccc21. The summed E-state index contributed by atoms with van der Waals surface area (Å²) in [5, 5.41) is 2.90. The summed E-state index contributed by atoms with van der Waals surface area (Å²) in [7, 11) is 0. The summed E-state index contributed by atoms with van der Waals surface area (Å²) >= 11 is 0. The van der Waals surface area contributed by atoms with Gasteiger partial charge in [0.05, 0.1) is 5.92 Å². The number of fused-ring (bicyclic) bond motifs is 1. The quantitative estimate of drug-likeness (QED) is 0.319. The van der Waals surface area contributed by atoms with Gasteiger partial charge < -0.3 is 24.6 Å². The summed E-state index contributed by atoms with van der Waals surface area (Å²) in [6.07, 6.45) is 7.65. The Hall–Kier alpha value is -3.10. The van der Waals surface area contributed by atoms with Crippen LogP contribution in [0.1, 0.15) is 111 Å². The lowest BCUT2D eigenvalue weighted by Gasteiger charge is -2.34. The molecule has 1 saturated carbocycles. The first-order chi connectivity index (χ1) is 20.7. The summed E-state index contributed by atoms with van der Waals surface area (Å²) in [5.74, 6) is -0.232. The van der Waals surface area contributed by atoms with Crippen LogP contribution in [0.4, 0.5) is 10.5 Å². The number of anilines is 1. The number of carbonyl (C=O) groups excluding carboxylic acids is 4. The highest BCUT2D eigenvalue weighted by Gasteiger charge is 2.41. The van der Waals surface area contributed by atoms with Gasteiger partial charge in [0, 0.05) is 44.7 Å². The average molecular weight is 612 g/mol. The maximum Gasteiger partial charge on any atom is 0.410 e. The number of rotatable bonds is 9. The molecule has 3 amide bonds. The van der Waals surface area contributed by atoms with E-state index in [1.54, 1.807) is 0 Å². The molecule has 244 valence electrons. The summed E-state index contributed by atoms with van der Waals surface area (Å²) in [6.45, 7) is 13.1. The number of carbonyl (C=O) groups is 4. The number of nitrogens with zero attached hydrogens (tertiary/aromatic N) is 2. The summed E-state index contributed by atoms with van der Waals surface area (Å²) in [5.41, 5.74) is 0.317. The van der Waals surface area contributed by atoms with Crippen LogP contribution in [-0.2, 0) is 23.9 Å². The van der Waals surface area contributed by atoms with Crippen LogP contribution < -0.4 is 5.32 Å². The van der Waals surface area contributed by atoms with Crippen molar-refractivity contribution in [1.82, 2.24) is 9.80 Å². The predicted octanol–water partition coefficient (Wildman–Crippen LogP) is 6.52. The van der Waals surface area contributed by atoms with Crippen molar-refractivity contribution in [1.29, 1.82) is 0 Å². The van der Waals surface area contributed by atoms with Gasteiger partial charge >= 0.3 is 12.1 Å². The van der Waals surface area contributed by atoms with Crippen molar-refractivity contribution in [3.05, 3.63) is 29.8 Å². The number of amides is 3. The zero-order chi connectivity index (χ0) is 32.1. The van der Waals surface area contributed by atoms with E-state index in [-0.39, 0.29) is 48.6 Å². The lowest BCUT2D eigenvalue weighted by atomic mass is 9.79. The molecule has 0 aromatic heterocycles. The van der Waals surface area contributed by atoms with Gasteiger partial charge in [-0.05, 0) is 83.8 Å². The summed E-state index contributed by atoms with van der Waals surface area (Å²) < 4.78 is 11.3. The van der Waals surface area contributed by atoms with Crippen molar-refractivity contribution in [3.8, 4) is 0 Å². The maximum atomic E-state index is 14.3. The molecular weight excluding hydrogens is 558 g/mol. The molecule has 44 heavy (non-hydrogen) atoms. The van der Waals surface area contributed by atoms with E-state index in [0.717, 1.165) is 12.0 Å². The maximum absolute atomic E-state index is 14.3. The molecule has 1 saturated heterocycles. The number of esters is 1. The van der Waals surface area contributed by atoms with Crippen LogP contribution in [0.25, 0.3) is 0 Å². The minimum atomic E-state index is -0.596. The Morgan fingerprint density at radius 2 is 1.59 bits per heavy atom. The molecule has 1 N–H and O–H groups in total. The Balaban J connectivity index is 1.55. The number of ether oxygens (including phenoxy) is 2. The standard InChI is InChI=1S/C35H53N3O6/c1-34(2,3)43-31(40)17-12-18-37(32(41)28-20-30(39)36-29-16-11-10-15-27(28)29)22-26-23-38(33(42)44-35(4,5)6)21-25(26)19-24-13-8-7-9-14-24/h10-11,15-16,24-26,28H,7-9,12-14,17-23H2,1-6H3,(H,36,39)/t25-,26?,28?/m1/s1. The molecule has 0 spiro atoms. The molecule has 1 aromatic carbocycles. The van der Waals surface area contributed by atoms with E-state index in [9.17, 15) is 19.2 Å². The molecule has 9 nitrogen and oxygen atoms in total. The fourth-order valence-corrected chi connectivity index (χ4v) is 6.97. The van der Waals surface area contributed by atoms with E-state index in [0.29, 0.717) is 44.2 Å². The predicted molar refractivity (Wildman–Crippen MR) is 170 cm³/mol. The van der Waals surface area contributed by atoms with Gasteiger partial charge in [-0.15, -0.1) is 0 Å². The van der Waals surface area contributed by atoms with Crippen LogP contribution >= 0.6 is 0 Å². The molecule has 0 radical (unpaired) electrons. The molecule has 2 heterocycles. The van der Waals surface area contributed by atoms with Gasteiger partial charge in [0.15, 0.2) is 0 Å². The number of likely N-dealkylation sites (tertiary alicyclic amines) is 1. The van der Waals surface area contributed by atoms with Crippen LogP contribution in [0.2, 0.25) is 0 Å². The van der Waals surface area contributed by atoms with E-state index < -0.39 is 17.1 Å². The Morgan fingerprint density at radius 1 is 0.932 bits per heavy atom. The molecule has 3 aliphatic rings. The highest BCUT2D eigenvalue weighted by atomic mass is 16.6.